The Labute approximate surface area is 169 Å². The lowest BCUT2D eigenvalue weighted by Crippen LogP contribution is -2.45. The molecule has 0 aliphatic carbocycles. The molecule has 150 valence electrons. The number of likely N-dealkylation sites (N-methyl/N-ethyl adjacent to an activating group) is 1. The van der Waals surface area contributed by atoms with E-state index in [2.05, 4.69) is 83.3 Å². The minimum Gasteiger partial charge on any atom is -0.370 e. The first-order valence-electron chi connectivity index (χ1n) is 10.2. The van der Waals surface area contributed by atoms with Crippen LogP contribution in [0.25, 0.3) is 0 Å². The normalized spacial score (nSPS) is 16.3. The van der Waals surface area contributed by atoms with Gasteiger partial charge in [-0.05, 0) is 54.8 Å². The average molecular weight is 380 g/mol. The van der Waals surface area contributed by atoms with E-state index in [9.17, 15) is 0 Å². The summed E-state index contributed by atoms with van der Waals surface area (Å²) in [6.45, 7) is 13.7. The van der Waals surface area contributed by atoms with Crippen molar-refractivity contribution >= 4 is 11.6 Å². The van der Waals surface area contributed by atoms with Gasteiger partial charge in [-0.2, -0.15) is 0 Å². The molecule has 0 atom stereocenters. The summed E-state index contributed by atoms with van der Waals surface area (Å²) >= 11 is 0. The molecule has 1 aliphatic heterocycles. The van der Waals surface area contributed by atoms with Gasteiger partial charge in [0.2, 0.25) is 0 Å². The number of nitrogens with zero attached hydrogens (tertiary/aromatic N) is 3. The van der Waals surface area contributed by atoms with E-state index in [0.717, 1.165) is 45.0 Å². The Hall–Kier alpha value is -2.37. The second-order valence-corrected chi connectivity index (χ2v) is 7.68. The van der Waals surface area contributed by atoms with E-state index in [1.54, 1.807) is 0 Å². The molecule has 0 spiro atoms. The largest absolute Gasteiger partial charge is 0.370 e. The van der Waals surface area contributed by atoms with E-state index in [-0.39, 0.29) is 0 Å². The highest BCUT2D eigenvalue weighted by Gasteiger charge is 2.16. The highest BCUT2D eigenvalue weighted by molar-refractivity contribution is 5.92. The summed E-state index contributed by atoms with van der Waals surface area (Å²) < 4.78 is 0. The molecule has 5 nitrogen and oxygen atoms in total. The Morgan fingerprint density at radius 2 is 1.57 bits per heavy atom. The average Bonchev–Trinajstić information content (AvgIpc) is 2.67. The summed E-state index contributed by atoms with van der Waals surface area (Å²) in [5, 5.41) is 3.22. The molecular formula is C23H33N5. The van der Waals surface area contributed by atoms with Gasteiger partial charge in [-0.1, -0.05) is 37.3 Å². The summed E-state index contributed by atoms with van der Waals surface area (Å²) in [5.41, 5.74) is 12.1. The number of hydrogen-bond acceptors (Lipinski definition) is 3. The third kappa shape index (κ3) is 5.81. The lowest BCUT2D eigenvalue weighted by Gasteiger charge is -2.34. The molecule has 3 rings (SSSR count). The molecule has 1 fully saturated rings. The van der Waals surface area contributed by atoms with Crippen LogP contribution in [0.2, 0.25) is 0 Å². The second kappa shape index (κ2) is 9.71. The maximum absolute atomic E-state index is 6.14. The molecule has 0 radical (unpaired) electrons. The molecule has 0 amide bonds. The van der Waals surface area contributed by atoms with Crippen LogP contribution in [0.5, 0.6) is 0 Å². The van der Waals surface area contributed by atoms with Gasteiger partial charge in [0.05, 0.1) is 6.54 Å². The fourth-order valence-electron chi connectivity index (χ4n) is 3.78. The van der Waals surface area contributed by atoms with Gasteiger partial charge in [0.15, 0.2) is 5.96 Å². The van der Waals surface area contributed by atoms with Crippen LogP contribution >= 0.6 is 0 Å². The zero-order valence-electron chi connectivity index (χ0n) is 17.4. The van der Waals surface area contributed by atoms with E-state index in [4.69, 9.17) is 5.73 Å². The second-order valence-electron chi connectivity index (χ2n) is 7.68. The number of rotatable bonds is 6. The van der Waals surface area contributed by atoms with Crippen LogP contribution in [-0.4, -0.2) is 48.5 Å². The van der Waals surface area contributed by atoms with Crippen LogP contribution in [0.4, 0.5) is 5.69 Å². The lowest BCUT2D eigenvalue weighted by atomic mass is 10.1. The molecule has 1 saturated heterocycles. The van der Waals surface area contributed by atoms with Crippen molar-refractivity contribution in [1.82, 2.24) is 9.80 Å². The molecule has 0 unspecified atom stereocenters. The third-order valence-corrected chi connectivity index (χ3v) is 5.34. The molecule has 0 aromatic heterocycles. The monoisotopic (exact) mass is 379 g/mol. The first kappa shape index (κ1) is 20.4. The van der Waals surface area contributed by atoms with Crippen molar-refractivity contribution < 1.29 is 0 Å². The van der Waals surface area contributed by atoms with Crippen LogP contribution in [0.3, 0.4) is 0 Å². The number of hydrogen-bond donors (Lipinski definition) is 2. The maximum atomic E-state index is 6.14. The van der Waals surface area contributed by atoms with E-state index in [0.29, 0.717) is 12.5 Å². The van der Waals surface area contributed by atoms with Crippen molar-refractivity contribution in [3.63, 3.8) is 0 Å². The van der Waals surface area contributed by atoms with Gasteiger partial charge in [0.25, 0.3) is 0 Å². The van der Waals surface area contributed by atoms with Crippen molar-refractivity contribution in [3.8, 4) is 0 Å². The summed E-state index contributed by atoms with van der Waals surface area (Å²) in [6, 6.07) is 14.9. The Kier molecular flexibility index (Phi) is 7.06. The number of guanidine groups is 1. The molecule has 0 saturated carbocycles. The Morgan fingerprint density at radius 3 is 2.21 bits per heavy atom. The van der Waals surface area contributed by atoms with Crippen molar-refractivity contribution in [2.24, 2.45) is 10.7 Å². The first-order chi connectivity index (χ1) is 13.5. The van der Waals surface area contributed by atoms with E-state index in [1.807, 2.05) is 0 Å². The molecule has 28 heavy (non-hydrogen) atoms. The summed E-state index contributed by atoms with van der Waals surface area (Å²) in [4.78, 5) is 9.62. The van der Waals surface area contributed by atoms with Gasteiger partial charge >= 0.3 is 0 Å². The van der Waals surface area contributed by atoms with Crippen LogP contribution in [0, 0.1) is 13.8 Å². The zero-order valence-corrected chi connectivity index (χ0v) is 17.4. The Morgan fingerprint density at radius 1 is 0.964 bits per heavy atom. The number of piperazine rings is 1. The van der Waals surface area contributed by atoms with E-state index >= 15 is 0 Å². The minimum absolute atomic E-state index is 0.455. The Balaban J connectivity index is 1.62. The van der Waals surface area contributed by atoms with Crippen molar-refractivity contribution in [2.45, 2.75) is 33.9 Å². The number of aliphatic imine (C=N–C) groups is 1. The molecule has 1 aliphatic rings. The predicted molar refractivity (Wildman–Crippen MR) is 119 cm³/mol. The van der Waals surface area contributed by atoms with Gasteiger partial charge in [0.1, 0.15) is 0 Å². The molecule has 5 heteroatoms. The number of anilines is 1. The summed E-state index contributed by atoms with van der Waals surface area (Å²) in [5.74, 6) is 0.455. The van der Waals surface area contributed by atoms with Crippen LogP contribution in [0.15, 0.2) is 47.5 Å². The fraction of sp³-hybridized carbons (Fsp3) is 0.435. The van der Waals surface area contributed by atoms with Crippen LogP contribution in [0.1, 0.15) is 29.2 Å². The third-order valence-electron chi connectivity index (χ3n) is 5.34. The molecule has 2 aromatic rings. The smallest absolute Gasteiger partial charge is 0.193 e. The van der Waals surface area contributed by atoms with Gasteiger partial charge in [-0.15, -0.1) is 0 Å². The number of nitrogens with one attached hydrogen (secondary N) is 1. The van der Waals surface area contributed by atoms with Gasteiger partial charge in [-0.3, -0.25) is 4.90 Å². The molecule has 3 N–H and O–H groups in total. The maximum Gasteiger partial charge on any atom is 0.193 e. The van der Waals surface area contributed by atoms with Crippen molar-refractivity contribution in [2.75, 3.05) is 38.0 Å². The van der Waals surface area contributed by atoms with Gasteiger partial charge < -0.3 is 16.0 Å². The van der Waals surface area contributed by atoms with Gasteiger partial charge in [-0.25, -0.2) is 4.99 Å². The summed E-state index contributed by atoms with van der Waals surface area (Å²) in [7, 11) is 0. The van der Waals surface area contributed by atoms with E-state index in [1.165, 1.54) is 22.3 Å². The van der Waals surface area contributed by atoms with Crippen molar-refractivity contribution in [3.05, 3.63) is 64.7 Å². The highest BCUT2D eigenvalue weighted by Crippen LogP contribution is 2.16. The quantitative estimate of drug-likeness (QED) is 0.597. The standard InChI is InChI=1S/C23H33N5/c1-4-27-9-11-28(12-10-27)17-21-8-6-5-7-20(21)16-25-23(24)26-22-14-18(2)13-19(3)15-22/h5-8,13-15H,4,9-12,16-17H2,1-3H3,(H3,24,25,26). The van der Waals surface area contributed by atoms with Crippen LogP contribution < -0.4 is 11.1 Å². The number of aryl methyl sites for hydroxylation is 2. The molecule has 0 bridgehead atoms. The van der Waals surface area contributed by atoms with Gasteiger partial charge in [0, 0.05) is 38.4 Å². The SMILES string of the molecule is CCN1CCN(Cc2ccccc2CN=C(N)Nc2cc(C)cc(C)c2)CC1. The fourth-order valence-corrected chi connectivity index (χ4v) is 3.78. The minimum atomic E-state index is 0.455. The molecule has 2 aromatic carbocycles. The topological polar surface area (TPSA) is 56.9 Å². The first-order valence-corrected chi connectivity index (χ1v) is 10.2. The summed E-state index contributed by atoms with van der Waals surface area (Å²) in [6.07, 6.45) is 0. The zero-order chi connectivity index (χ0) is 19.9. The number of nitrogens with two attached hydrogens (primary N) is 1. The molecule has 1 heterocycles. The van der Waals surface area contributed by atoms with E-state index < -0.39 is 0 Å². The Bertz CT molecular complexity index is 786. The highest BCUT2D eigenvalue weighted by atomic mass is 15.3. The number of benzene rings is 2. The van der Waals surface area contributed by atoms with Crippen LogP contribution in [-0.2, 0) is 13.1 Å². The lowest BCUT2D eigenvalue weighted by molar-refractivity contribution is 0.131. The molecular weight excluding hydrogens is 346 g/mol. The predicted octanol–water partition coefficient (Wildman–Crippen LogP) is 3.37. The van der Waals surface area contributed by atoms with Crippen molar-refractivity contribution in [1.29, 1.82) is 0 Å².